The van der Waals surface area contributed by atoms with Crippen LogP contribution in [0.2, 0.25) is 0 Å². The van der Waals surface area contributed by atoms with Gasteiger partial charge in [-0.1, -0.05) is 65.8 Å². The van der Waals surface area contributed by atoms with Crippen molar-refractivity contribution in [2.45, 2.75) is 66.7 Å². The van der Waals surface area contributed by atoms with Crippen LogP contribution in [-0.2, 0) is 6.42 Å². The molecule has 3 rings (SSSR count). The zero-order valence-corrected chi connectivity index (χ0v) is 20.1. The lowest BCUT2D eigenvalue weighted by Gasteiger charge is -2.25. The summed E-state index contributed by atoms with van der Waals surface area (Å²) in [6.45, 7) is 15.9. The van der Waals surface area contributed by atoms with Gasteiger partial charge in [0.15, 0.2) is 0 Å². The summed E-state index contributed by atoms with van der Waals surface area (Å²) in [5.41, 5.74) is 15.5. The predicted octanol–water partition coefficient (Wildman–Crippen LogP) is 6.50. The van der Waals surface area contributed by atoms with E-state index >= 15 is 0 Å². The van der Waals surface area contributed by atoms with Crippen LogP contribution in [0.3, 0.4) is 0 Å². The summed E-state index contributed by atoms with van der Waals surface area (Å²) >= 11 is 0. The Morgan fingerprint density at radius 3 is 1.60 bits per heavy atom. The maximum atomic E-state index is 5.56. The van der Waals surface area contributed by atoms with Crippen LogP contribution in [0.4, 0.5) is 11.4 Å². The molecular weight excluding hydrogens is 366 g/mol. The van der Waals surface area contributed by atoms with Crippen molar-refractivity contribution in [1.82, 2.24) is 5.32 Å². The zero-order valence-electron chi connectivity index (χ0n) is 20.1. The highest BCUT2D eigenvalue weighted by Crippen LogP contribution is 2.20. The van der Waals surface area contributed by atoms with E-state index < -0.39 is 0 Å². The van der Waals surface area contributed by atoms with Crippen molar-refractivity contribution in [3.05, 3.63) is 59.7 Å². The zero-order chi connectivity index (χ0) is 22.5. The fourth-order valence-electron chi connectivity index (χ4n) is 3.52. The van der Waals surface area contributed by atoms with Crippen LogP contribution in [0, 0.1) is 17.8 Å². The van der Waals surface area contributed by atoms with Crippen molar-refractivity contribution in [3.63, 3.8) is 0 Å². The summed E-state index contributed by atoms with van der Waals surface area (Å²) < 4.78 is 0. The number of benzene rings is 2. The monoisotopic (exact) mass is 411 g/mol. The number of nitrogens with two attached hydrogens (primary N) is 2. The minimum atomic E-state index is 0.598. The molecule has 0 bridgehead atoms. The predicted molar refractivity (Wildman–Crippen MR) is 135 cm³/mol. The average Bonchev–Trinajstić information content (AvgIpc) is 2.71. The molecule has 2 aromatic carbocycles. The van der Waals surface area contributed by atoms with Crippen molar-refractivity contribution in [1.29, 1.82) is 0 Å². The third-order valence-electron chi connectivity index (χ3n) is 5.55. The van der Waals surface area contributed by atoms with E-state index in [0.29, 0.717) is 5.92 Å². The number of hydrogen-bond donors (Lipinski definition) is 3. The Kier molecular flexibility index (Phi) is 12.2. The van der Waals surface area contributed by atoms with Crippen LogP contribution >= 0.6 is 0 Å². The van der Waals surface area contributed by atoms with E-state index in [1.165, 1.54) is 37.1 Å². The van der Waals surface area contributed by atoms with Crippen molar-refractivity contribution in [3.8, 4) is 0 Å². The van der Waals surface area contributed by atoms with Gasteiger partial charge in [0, 0.05) is 11.4 Å². The average molecular weight is 412 g/mol. The lowest BCUT2D eigenvalue weighted by Crippen LogP contribution is -2.29. The fraction of sp³-hybridized carbons (Fsp3) is 0.556. The number of hydrogen-bond acceptors (Lipinski definition) is 3. The maximum absolute atomic E-state index is 5.56. The molecule has 0 aromatic heterocycles. The first-order valence-corrected chi connectivity index (χ1v) is 11.6. The smallest absolute Gasteiger partial charge is 0.0314 e. The molecule has 1 aliphatic heterocycles. The number of anilines is 2. The Morgan fingerprint density at radius 2 is 1.23 bits per heavy atom. The number of nitrogens with one attached hydrogen (secondary N) is 1. The van der Waals surface area contributed by atoms with E-state index in [9.17, 15) is 0 Å². The number of nitrogen functional groups attached to an aromatic ring is 2. The Hall–Kier alpha value is -2.00. The van der Waals surface area contributed by atoms with Crippen molar-refractivity contribution < 1.29 is 0 Å². The van der Waals surface area contributed by atoms with Gasteiger partial charge in [0.2, 0.25) is 0 Å². The summed E-state index contributed by atoms with van der Waals surface area (Å²) in [7, 11) is 0. The summed E-state index contributed by atoms with van der Waals surface area (Å²) in [6, 6.07) is 16.1. The number of piperidine rings is 1. The Labute approximate surface area is 185 Å². The summed E-state index contributed by atoms with van der Waals surface area (Å²) in [6.07, 6.45) is 3.91. The highest BCUT2D eigenvalue weighted by atomic mass is 14.9. The van der Waals surface area contributed by atoms with Gasteiger partial charge in [-0.2, -0.15) is 0 Å². The molecule has 5 N–H and O–H groups in total. The molecule has 168 valence electrons. The third kappa shape index (κ3) is 11.3. The van der Waals surface area contributed by atoms with Gasteiger partial charge in [-0.05, 0) is 91.4 Å². The minimum Gasteiger partial charge on any atom is -0.399 e. The quantitative estimate of drug-likeness (QED) is 0.503. The van der Waals surface area contributed by atoms with Crippen LogP contribution in [0.5, 0.6) is 0 Å². The first-order valence-electron chi connectivity index (χ1n) is 11.6. The Morgan fingerprint density at radius 1 is 0.767 bits per heavy atom. The molecule has 0 amide bonds. The lowest BCUT2D eigenvalue weighted by atomic mass is 9.87. The highest BCUT2D eigenvalue weighted by Gasteiger charge is 2.15. The first kappa shape index (κ1) is 26.0. The normalized spacial score (nSPS) is 14.2. The first-order chi connectivity index (χ1) is 14.2. The number of rotatable bonds is 4. The molecule has 0 unspecified atom stereocenters. The van der Waals surface area contributed by atoms with Crippen molar-refractivity contribution in [2.75, 3.05) is 24.6 Å². The summed E-state index contributed by atoms with van der Waals surface area (Å²) in [5.74, 6) is 3.21. The molecule has 0 spiro atoms. The SMILES string of the molecule is CC(C)C1CCNCC1.CC(C)Cc1ccc(N)cc1.CC(C)c1ccc(N)cc1. The van der Waals surface area contributed by atoms with Crippen LogP contribution in [0.1, 0.15) is 71.4 Å². The van der Waals surface area contributed by atoms with Gasteiger partial charge >= 0.3 is 0 Å². The van der Waals surface area contributed by atoms with Gasteiger partial charge in [0.25, 0.3) is 0 Å². The van der Waals surface area contributed by atoms with Crippen LogP contribution < -0.4 is 16.8 Å². The van der Waals surface area contributed by atoms with Gasteiger partial charge in [-0.3, -0.25) is 0 Å². The van der Waals surface area contributed by atoms with Gasteiger partial charge in [-0.15, -0.1) is 0 Å². The van der Waals surface area contributed by atoms with E-state index in [0.717, 1.165) is 35.5 Å². The molecule has 30 heavy (non-hydrogen) atoms. The molecule has 1 saturated heterocycles. The van der Waals surface area contributed by atoms with Crippen LogP contribution in [0.15, 0.2) is 48.5 Å². The molecule has 1 heterocycles. The van der Waals surface area contributed by atoms with Gasteiger partial charge in [0.05, 0.1) is 0 Å². The lowest BCUT2D eigenvalue weighted by molar-refractivity contribution is 0.292. The highest BCUT2D eigenvalue weighted by molar-refractivity contribution is 5.40. The summed E-state index contributed by atoms with van der Waals surface area (Å²) in [4.78, 5) is 0. The van der Waals surface area contributed by atoms with Crippen molar-refractivity contribution in [2.24, 2.45) is 17.8 Å². The molecule has 1 aliphatic rings. The van der Waals surface area contributed by atoms with Crippen LogP contribution in [-0.4, -0.2) is 13.1 Å². The van der Waals surface area contributed by atoms with E-state index in [1.807, 2.05) is 24.3 Å². The molecule has 1 fully saturated rings. The molecule has 0 aliphatic carbocycles. The van der Waals surface area contributed by atoms with Gasteiger partial charge < -0.3 is 16.8 Å². The molecule has 0 saturated carbocycles. The van der Waals surface area contributed by atoms with E-state index in [1.54, 1.807) is 0 Å². The van der Waals surface area contributed by atoms with E-state index in [-0.39, 0.29) is 0 Å². The minimum absolute atomic E-state index is 0.598. The Balaban J connectivity index is 0.000000226. The molecule has 3 heteroatoms. The maximum Gasteiger partial charge on any atom is 0.0314 e. The second-order valence-electron chi connectivity index (χ2n) is 9.49. The standard InChI is InChI=1S/C10H15N.C9H13N.C8H17N/c1-8(2)7-9-3-5-10(11)6-4-9;1-7(2)8-3-5-9(10)6-4-8;1-7(2)8-3-5-9-6-4-8/h3-6,8H,7,11H2,1-2H3;3-7H,10H2,1-2H3;7-9H,3-6H2,1-2H3. The van der Waals surface area contributed by atoms with E-state index in [2.05, 4.69) is 71.1 Å². The van der Waals surface area contributed by atoms with Crippen molar-refractivity contribution >= 4 is 11.4 Å². The second-order valence-corrected chi connectivity index (χ2v) is 9.49. The molecule has 0 atom stereocenters. The molecule has 2 aromatic rings. The van der Waals surface area contributed by atoms with Gasteiger partial charge in [0.1, 0.15) is 0 Å². The topological polar surface area (TPSA) is 64.1 Å². The van der Waals surface area contributed by atoms with Crippen LogP contribution in [0.25, 0.3) is 0 Å². The largest absolute Gasteiger partial charge is 0.399 e. The molecule has 0 radical (unpaired) electrons. The molecule has 3 nitrogen and oxygen atoms in total. The summed E-state index contributed by atoms with van der Waals surface area (Å²) in [5, 5.41) is 3.37. The Bertz CT molecular complexity index is 666. The van der Waals surface area contributed by atoms with E-state index in [4.69, 9.17) is 11.5 Å². The fourth-order valence-corrected chi connectivity index (χ4v) is 3.52. The second kappa shape index (κ2) is 14.1. The van der Waals surface area contributed by atoms with Gasteiger partial charge in [-0.25, -0.2) is 0 Å². The molecular formula is C27H45N3. The third-order valence-corrected chi connectivity index (χ3v) is 5.55.